The zero-order valence-electron chi connectivity index (χ0n) is 12.1. The van der Waals surface area contributed by atoms with Gasteiger partial charge < -0.3 is 5.11 Å². The van der Waals surface area contributed by atoms with Gasteiger partial charge in [0.2, 0.25) is 0 Å². The maximum atomic E-state index is 12.8. The molecule has 2 aliphatic rings. The molecule has 21 heavy (non-hydrogen) atoms. The molecule has 2 aliphatic carbocycles. The smallest absolute Gasteiger partial charge is 0.374 e. The maximum absolute atomic E-state index is 12.8. The summed E-state index contributed by atoms with van der Waals surface area (Å²) in [6.45, 7) is 5.59. The van der Waals surface area contributed by atoms with Crippen molar-refractivity contribution in [3.8, 4) is 0 Å². The molecule has 0 aliphatic heterocycles. The van der Waals surface area contributed by atoms with Crippen LogP contribution in [0.15, 0.2) is 0 Å². The molecule has 7 heteroatoms. The number of halogens is 6. The van der Waals surface area contributed by atoms with Crippen molar-refractivity contribution < 1.29 is 31.4 Å². The summed E-state index contributed by atoms with van der Waals surface area (Å²) < 4.78 is 77.1. The zero-order valence-corrected chi connectivity index (χ0v) is 12.1. The van der Waals surface area contributed by atoms with E-state index in [0.29, 0.717) is 12.8 Å². The fraction of sp³-hybridized carbons (Fsp3) is 1.00. The highest BCUT2D eigenvalue weighted by atomic mass is 19.4. The Morgan fingerprint density at radius 1 is 0.952 bits per heavy atom. The highest BCUT2D eigenvalue weighted by Crippen LogP contribution is 2.72. The summed E-state index contributed by atoms with van der Waals surface area (Å²) in [5.41, 5.74) is -5.08. The van der Waals surface area contributed by atoms with E-state index < -0.39 is 35.7 Å². The van der Waals surface area contributed by atoms with Crippen LogP contribution in [-0.2, 0) is 0 Å². The molecule has 1 N–H and O–H groups in total. The lowest BCUT2D eigenvalue weighted by molar-refractivity contribution is -0.373. The topological polar surface area (TPSA) is 20.2 Å². The van der Waals surface area contributed by atoms with Gasteiger partial charge in [-0.25, -0.2) is 0 Å². The SMILES string of the molecule is CC1CC(CC(O)(C(F)(F)F)C(F)(F)F)C2(C1)C(C)C2C. The van der Waals surface area contributed by atoms with Gasteiger partial charge in [0.1, 0.15) is 0 Å². The second-order valence-electron chi connectivity index (χ2n) is 6.99. The first kappa shape index (κ1) is 16.9. The molecule has 0 heterocycles. The minimum Gasteiger partial charge on any atom is -0.374 e. The summed E-state index contributed by atoms with van der Waals surface area (Å²) in [6, 6.07) is 0. The van der Waals surface area contributed by atoms with Gasteiger partial charge in [0.05, 0.1) is 0 Å². The Morgan fingerprint density at radius 3 is 1.71 bits per heavy atom. The third kappa shape index (κ3) is 2.26. The molecule has 0 saturated heterocycles. The van der Waals surface area contributed by atoms with E-state index in [1.165, 1.54) is 0 Å². The largest absolute Gasteiger partial charge is 0.426 e. The highest BCUT2D eigenvalue weighted by Gasteiger charge is 2.74. The summed E-state index contributed by atoms with van der Waals surface area (Å²) in [6.07, 6.45) is -11.7. The van der Waals surface area contributed by atoms with Crippen molar-refractivity contribution in [3.05, 3.63) is 0 Å². The average molecular weight is 318 g/mol. The van der Waals surface area contributed by atoms with E-state index in [1.807, 2.05) is 20.8 Å². The molecule has 0 amide bonds. The molecule has 0 aromatic heterocycles. The lowest BCUT2D eigenvalue weighted by Gasteiger charge is -2.36. The Labute approximate surface area is 119 Å². The van der Waals surface area contributed by atoms with Crippen molar-refractivity contribution in [1.29, 1.82) is 0 Å². The molecular formula is C14H20F6O. The molecule has 2 saturated carbocycles. The Balaban J connectivity index is 2.30. The van der Waals surface area contributed by atoms with E-state index in [0.717, 1.165) is 0 Å². The maximum Gasteiger partial charge on any atom is 0.426 e. The van der Waals surface area contributed by atoms with Crippen LogP contribution in [0.5, 0.6) is 0 Å². The fourth-order valence-electron chi connectivity index (χ4n) is 4.59. The van der Waals surface area contributed by atoms with Crippen LogP contribution in [0.2, 0.25) is 0 Å². The Morgan fingerprint density at radius 2 is 1.38 bits per heavy atom. The summed E-state index contributed by atoms with van der Waals surface area (Å²) in [7, 11) is 0. The Kier molecular flexibility index (Phi) is 3.64. The van der Waals surface area contributed by atoms with Crippen LogP contribution >= 0.6 is 0 Å². The second kappa shape index (κ2) is 4.52. The van der Waals surface area contributed by atoms with Crippen molar-refractivity contribution in [1.82, 2.24) is 0 Å². The Hall–Kier alpha value is -0.460. The van der Waals surface area contributed by atoms with E-state index in [9.17, 15) is 31.4 Å². The number of hydrogen-bond donors (Lipinski definition) is 1. The highest BCUT2D eigenvalue weighted by molar-refractivity contribution is 5.15. The van der Waals surface area contributed by atoms with Crippen LogP contribution in [0.25, 0.3) is 0 Å². The minimum atomic E-state index is -5.71. The van der Waals surface area contributed by atoms with Gasteiger partial charge in [-0.1, -0.05) is 20.8 Å². The van der Waals surface area contributed by atoms with Crippen LogP contribution in [0.3, 0.4) is 0 Å². The minimum absolute atomic E-state index is 0.0908. The summed E-state index contributed by atoms with van der Waals surface area (Å²) in [4.78, 5) is 0. The molecule has 0 radical (unpaired) electrons. The monoisotopic (exact) mass is 318 g/mol. The Bertz CT molecular complexity index is 391. The first-order valence-corrected chi connectivity index (χ1v) is 7.13. The lowest BCUT2D eigenvalue weighted by atomic mass is 9.79. The summed E-state index contributed by atoms with van der Waals surface area (Å²) in [5, 5.41) is 9.41. The van der Waals surface area contributed by atoms with Gasteiger partial charge in [-0.2, -0.15) is 26.3 Å². The van der Waals surface area contributed by atoms with Crippen LogP contribution in [-0.4, -0.2) is 23.1 Å². The summed E-state index contributed by atoms with van der Waals surface area (Å²) in [5.74, 6) is -0.435. The van der Waals surface area contributed by atoms with Crippen molar-refractivity contribution >= 4 is 0 Å². The van der Waals surface area contributed by atoms with Gasteiger partial charge in [-0.15, -0.1) is 0 Å². The van der Waals surface area contributed by atoms with Gasteiger partial charge in [0, 0.05) is 0 Å². The molecule has 2 rings (SSSR count). The van der Waals surface area contributed by atoms with E-state index in [4.69, 9.17) is 0 Å². The molecule has 4 atom stereocenters. The number of alkyl halides is 6. The predicted molar refractivity (Wildman–Crippen MR) is 64.3 cm³/mol. The van der Waals surface area contributed by atoms with Crippen molar-refractivity contribution in [2.45, 2.75) is 58.0 Å². The first-order valence-electron chi connectivity index (χ1n) is 7.13. The number of rotatable bonds is 2. The molecule has 0 bridgehead atoms. The van der Waals surface area contributed by atoms with Crippen LogP contribution in [0, 0.1) is 29.1 Å². The molecule has 1 spiro atoms. The average Bonchev–Trinajstić information content (AvgIpc) is 2.67. The third-order valence-electron chi connectivity index (χ3n) is 5.97. The standard InChI is InChI=1S/C14H20F6O/c1-7-4-10(11(5-7)8(2)9(11)3)6-12(21,13(15,16)17)14(18,19)20/h7-10,21H,4-6H2,1-3H3. The van der Waals surface area contributed by atoms with Crippen LogP contribution < -0.4 is 0 Å². The van der Waals surface area contributed by atoms with Crippen molar-refractivity contribution in [3.63, 3.8) is 0 Å². The molecule has 124 valence electrons. The quantitative estimate of drug-likeness (QED) is 0.741. The van der Waals surface area contributed by atoms with E-state index in [-0.39, 0.29) is 17.8 Å². The molecule has 0 aromatic carbocycles. The van der Waals surface area contributed by atoms with Crippen molar-refractivity contribution in [2.24, 2.45) is 29.1 Å². The predicted octanol–water partition coefficient (Wildman–Crippen LogP) is 4.55. The summed E-state index contributed by atoms with van der Waals surface area (Å²) >= 11 is 0. The van der Waals surface area contributed by atoms with Gasteiger partial charge in [-0.05, 0) is 48.3 Å². The normalized spacial score (nSPS) is 40.9. The van der Waals surface area contributed by atoms with Gasteiger partial charge in [-0.3, -0.25) is 0 Å². The van der Waals surface area contributed by atoms with Gasteiger partial charge in [0.25, 0.3) is 5.60 Å². The van der Waals surface area contributed by atoms with Crippen LogP contribution in [0.4, 0.5) is 26.3 Å². The second-order valence-corrected chi connectivity index (χ2v) is 6.99. The van der Waals surface area contributed by atoms with E-state index in [1.54, 1.807) is 0 Å². The fourth-order valence-corrected chi connectivity index (χ4v) is 4.59. The zero-order chi connectivity index (χ0) is 16.4. The third-order valence-corrected chi connectivity index (χ3v) is 5.97. The van der Waals surface area contributed by atoms with Crippen LogP contribution in [0.1, 0.15) is 40.0 Å². The number of aliphatic hydroxyl groups is 1. The van der Waals surface area contributed by atoms with E-state index >= 15 is 0 Å². The molecule has 4 unspecified atom stereocenters. The van der Waals surface area contributed by atoms with E-state index in [2.05, 4.69) is 0 Å². The molecule has 1 nitrogen and oxygen atoms in total. The molecule has 0 aromatic rings. The van der Waals surface area contributed by atoms with Gasteiger partial charge >= 0.3 is 12.4 Å². The first-order chi connectivity index (χ1) is 9.27. The lowest BCUT2D eigenvalue weighted by Crippen LogP contribution is -2.58. The van der Waals surface area contributed by atoms with Crippen molar-refractivity contribution in [2.75, 3.05) is 0 Å². The number of hydrogen-bond acceptors (Lipinski definition) is 1. The van der Waals surface area contributed by atoms with Gasteiger partial charge in [0.15, 0.2) is 0 Å². The molecule has 2 fully saturated rings. The molecular weight excluding hydrogens is 298 g/mol.